The first-order valence-corrected chi connectivity index (χ1v) is 6.46. The van der Waals surface area contributed by atoms with E-state index < -0.39 is 29.8 Å². The highest BCUT2D eigenvalue weighted by Crippen LogP contribution is 2.35. The maximum atomic E-state index is 13.6. The molecule has 0 saturated heterocycles. The predicted molar refractivity (Wildman–Crippen MR) is 75.5 cm³/mol. The summed E-state index contributed by atoms with van der Waals surface area (Å²) in [7, 11) is 0. The van der Waals surface area contributed by atoms with Crippen LogP contribution >= 0.6 is 0 Å². The monoisotopic (exact) mass is 302 g/mol. The number of benzene rings is 1. The van der Waals surface area contributed by atoms with Gasteiger partial charge in [0.15, 0.2) is 0 Å². The molecule has 0 unspecified atom stereocenters. The fraction of sp³-hybridized carbons (Fsp3) is 0.500. The van der Waals surface area contributed by atoms with Gasteiger partial charge >= 0.3 is 6.09 Å². The van der Waals surface area contributed by atoms with Crippen LogP contribution < -0.4 is 11.1 Å². The number of hydrogen-bond acceptors (Lipinski definition) is 4. The largest absolute Gasteiger partial charge is 0.506 e. The summed E-state index contributed by atoms with van der Waals surface area (Å²) >= 11 is 0. The molecule has 0 aliphatic carbocycles. The van der Waals surface area contributed by atoms with E-state index in [0.29, 0.717) is 0 Å². The lowest BCUT2D eigenvalue weighted by molar-refractivity contribution is -0.0108. The van der Waals surface area contributed by atoms with Crippen molar-refractivity contribution in [1.29, 1.82) is 0 Å². The van der Waals surface area contributed by atoms with Crippen molar-refractivity contribution in [3.05, 3.63) is 23.8 Å². The average Bonchev–Trinajstić information content (AvgIpc) is 2.29. The Morgan fingerprint density at radius 2 is 2.00 bits per heavy atom. The molecule has 0 saturated carbocycles. The van der Waals surface area contributed by atoms with Gasteiger partial charge in [0.05, 0.1) is 5.69 Å². The van der Waals surface area contributed by atoms with Crippen molar-refractivity contribution in [3.63, 3.8) is 0 Å². The predicted octanol–water partition coefficient (Wildman–Crippen LogP) is 3.18. The van der Waals surface area contributed by atoms with Crippen LogP contribution in [0.15, 0.2) is 18.2 Å². The van der Waals surface area contributed by atoms with Crippen LogP contribution in [0.4, 0.5) is 19.3 Å². The maximum Gasteiger partial charge on any atom is 0.412 e. The third kappa shape index (κ3) is 5.18. The lowest BCUT2D eigenvalue weighted by Gasteiger charge is -2.20. The van der Waals surface area contributed by atoms with E-state index in [2.05, 4.69) is 5.32 Å². The van der Waals surface area contributed by atoms with Gasteiger partial charge < -0.3 is 15.6 Å². The van der Waals surface area contributed by atoms with Gasteiger partial charge in [-0.2, -0.15) is 0 Å². The summed E-state index contributed by atoms with van der Waals surface area (Å²) in [6.45, 7) is 4.88. The minimum absolute atomic E-state index is 0.00320. The van der Waals surface area contributed by atoms with Gasteiger partial charge in [0.25, 0.3) is 5.92 Å². The minimum atomic E-state index is -3.13. The maximum absolute atomic E-state index is 13.6. The summed E-state index contributed by atoms with van der Waals surface area (Å²) in [5.41, 5.74) is 4.06. The quantitative estimate of drug-likeness (QED) is 0.746. The molecule has 1 rings (SSSR count). The van der Waals surface area contributed by atoms with Crippen LogP contribution in [-0.4, -0.2) is 23.3 Å². The Morgan fingerprint density at radius 3 is 2.48 bits per heavy atom. The average molecular weight is 302 g/mol. The SMILES string of the molecule is CC(C)(C)OC(=O)Nc1ccc(C(F)(F)CCN)cc1O. The second-order valence-corrected chi connectivity index (χ2v) is 5.60. The topological polar surface area (TPSA) is 84.6 Å². The minimum Gasteiger partial charge on any atom is -0.506 e. The van der Waals surface area contributed by atoms with E-state index in [-0.39, 0.29) is 17.8 Å². The van der Waals surface area contributed by atoms with Gasteiger partial charge in [0.1, 0.15) is 11.4 Å². The lowest BCUT2D eigenvalue weighted by atomic mass is 10.0. The second kappa shape index (κ2) is 6.26. The molecular formula is C14H20F2N2O3. The number of amides is 1. The zero-order chi connectivity index (χ0) is 16.3. The number of nitrogens with two attached hydrogens (primary N) is 1. The third-order valence-corrected chi connectivity index (χ3v) is 2.51. The number of phenols is 1. The Balaban J connectivity index is 2.86. The molecule has 0 spiro atoms. The number of alkyl halides is 2. The van der Waals surface area contributed by atoms with Crippen molar-refractivity contribution in [1.82, 2.24) is 0 Å². The van der Waals surface area contributed by atoms with Gasteiger partial charge in [-0.15, -0.1) is 0 Å². The molecule has 21 heavy (non-hydrogen) atoms. The molecule has 1 aromatic carbocycles. The lowest BCUT2D eigenvalue weighted by Crippen LogP contribution is -2.27. The van der Waals surface area contributed by atoms with Crippen molar-refractivity contribution in [2.24, 2.45) is 5.73 Å². The number of ether oxygens (including phenoxy) is 1. The van der Waals surface area contributed by atoms with Crippen molar-refractivity contribution in [2.75, 3.05) is 11.9 Å². The van der Waals surface area contributed by atoms with Gasteiger partial charge in [0.2, 0.25) is 0 Å². The van der Waals surface area contributed by atoms with Crippen molar-refractivity contribution >= 4 is 11.8 Å². The van der Waals surface area contributed by atoms with Crippen LogP contribution in [0.25, 0.3) is 0 Å². The number of carbonyl (C=O) groups excluding carboxylic acids is 1. The molecule has 1 aromatic rings. The molecule has 0 radical (unpaired) electrons. The second-order valence-electron chi connectivity index (χ2n) is 5.60. The number of aromatic hydroxyl groups is 1. The molecule has 0 aliphatic rings. The fourth-order valence-corrected chi connectivity index (χ4v) is 1.60. The normalized spacial score (nSPS) is 12.1. The highest BCUT2D eigenvalue weighted by molar-refractivity contribution is 5.86. The molecule has 5 nitrogen and oxygen atoms in total. The summed E-state index contributed by atoms with van der Waals surface area (Å²) in [6, 6.07) is 3.23. The highest BCUT2D eigenvalue weighted by atomic mass is 19.3. The molecule has 0 fully saturated rings. The van der Waals surface area contributed by atoms with Crippen LogP contribution in [0.5, 0.6) is 5.75 Å². The number of rotatable bonds is 4. The Kier molecular flexibility index (Phi) is 5.11. The van der Waals surface area contributed by atoms with Gasteiger partial charge in [0, 0.05) is 12.0 Å². The van der Waals surface area contributed by atoms with E-state index in [1.165, 1.54) is 6.07 Å². The molecule has 0 aliphatic heterocycles. The summed E-state index contributed by atoms with van der Waals surface area (Å²) in [5, 5.41) is 12.0. The Labute approximate surface area is 122 Å². The molecule has 0 heterocycles. The van der Waals surface area contributed by atoms with E-state index in [0.717, 1.165) is 12.1 Å². The van der Waals surface area contributed by atoms with Crippen LogP contribution in [0.2, 0.25) is 0 Å². The fourth-order valence-electron chi connectivity index (χ4n) is 1.60. The molecule has 118 valence electrons. The molecule has 0 bridgehead atoms. The van der Waals surface area contributed by atoms with Gasteiger partial charge in [-0.25, -0.2) is 13.6 Å². The zero-order valence-corrected chi connectivity index (χ0v) is 12.2. The standard InChI is InChI=1S/C14H20F2N2O3/c1-13(2,3)21-12(20)18-10-5-4-9(8-11(10)19)14(15,16)6-7-17/h4-5,8,19H,6-7,17H2,1-3H3,(H,18,20). The summed E-state index contributed by atoms with van der Waals surface area (Å²) in [4.78, 5) is 11.6. The van der Waals surface area contributed by atoms with E-state index in [1.807, 2.05) is 0 Å². The van der Waals surface area contributed by atoms with Gasteiger partial charge in [-0.3, -0.25) is 5.32 Å². The van der Waals surface area contributed by atoms with Crippen molar-refractivity contribution in [2.45, 2.75) is 38.7 Å². The molecule has 4 N–H and O–H groups in total. The zero-order valence-electron chi connectivity index (χ0n) is 12.2. The number of anilines is 1. The number of halogens is 2. The molecule has 0 aromatic heterocycles. The highest BCUT2D eigenvalue weighted by Gasteiger charge is 2.31. The number of phenolic OH excluding ortho intramolecular Hbond substituents is 1. The first-order chi connectivity index (χ1) is 9.55. The number of nitrogens with one attached hydrogen (secondary N) is 1. The molecule has 0 atom stereocenters. The van der Waals surface area contributed by atoms with Crippen molar-refractivity contribution in [3.8, 4) is 5.75 Å². The van der Waals surface area contributed by atoms with E-state index in [9.17, 15) is 18.7 Å². The summed E-state index contributed by atoms with van der Waals surface area (Å²) < 4.78 is 32.3. The number of carbonyl (C=O) groups is 1. The Hall–Kier alpha value is -1.89. The van der Waals surface area contributed by atoms with Crippen LogP contribution in [0.3, 0.4) is 0 Å². The first-order valence-electron chi connectivity index (χ1n) is 6.46. The summed E-state index contributed by atoms with van der Waals surface area (Å²) in [5.74, 6) is -3.59. The Morgan fingerprint density at radius 1 is 1.38 bits per heavy atom. The van der Waals surface area contributed by atoms with Crippen LogP contribution in [0.1, 0.15) is 32.8 Å². The number of hydrogen-bond donors (Lipinski definition) is 3. The molecule has 1 amide bonds. The third-order valence-electron chi connectivity index (χ3n) is 2.51. The molecule has 7 heteroatoms. The van der Waals surface area contributed by atoms with Crippen LogP contribution in [0, 0.1) is 0 Å². The van der Waals surface area contributed by atoms with Gasteiger partial charge in [-0.1, -0.05) is 6.07 Å². The van der Waals surface area contributed by atoms with E-state index in [4.69, 9.17) is 10.5 Å². The smallest absolute Gasteiger partial charge is 0.412 e. The summed E-state index contributed by atoms with van der Waals surface area (Å²) in [6.07, 6.45) is -1.30. The van der Waals surface area contributed by atoms with Crippen molar-refractivity contribution < 1.29 is 23.4 Å². The van der Waals surface area contributed by atoms with E-state index >= 15 is 0 Å². The molecular weight excluding hydrogens is 282 g/mol. The first kappa shape index (κ1) is 17.2. The van der Waals surface area contributed by atoms with E-state index in [1.54, 1.807) is 20.8 Å². The van der Waals surface area contributed by atoms with Crippen LogP contribution in [-0.2, 0) is 10.7 Å². The van der Waals surface area contributed by atoms with Gasteiger partial charge in [-0.05, 0) is 39.4 Å². The Bertz CT molecular complexity index is 513.